The lowest BCUT2D eigenvalue weighted by Gasteiger charge is -2.23. The molecule has 49 heavy (non-hydrogen) atoms. The number of ether oxygens (including phenoxy) is 5. The van der Waals surface area contributed by atoms with Crippen molar-refractivity contribution < 1.29 is 55.5 Å². The van der Waals surface area contributed by atoms with Crippen molar-refractivity contribution in [2.45, 2.75) is 38.4 Å². The lowest BCUT2D eigenvalue weighted by atomic mass is 10.1. The summed E-state index contributed by atoms with van der Waals surface area (Å²) in [4.78, 5) is 63.9. The average molecular weight is 699 g/mol. The summed E-state index contributed by atoms with van der Waals surface area (Å²) >= 11 is 0. The lowest BCUT2D eigenvalue weighted by Crippen LogP contribution is -2.40. The Morgan fingerprint density at radius 1 is 0.959 bits per heavy atom. The van der Waals surface area contributed by atoms with Crippen LogP contribution in [0.3, 0.4) is 0 Å². The molecule has 0 saturated carbocycles. The maximum atomic E-state index is 13.8. The Bertz CT molecular complexity index is 1920. The van der Waals surface area contributed by atoms with Gasteiger partial charge in [-0.2, -0.15) is 18.4 Å². The number of rotatable bonds is 10. The first kappa shape index (κ1) is 34.7. The van der Waals surface area contributed by atoms with E-state index in [1.807, 2.05) is 0 Å². The number of esters is 1. The zero-order valence-electron chi connectivity index (χ0n) is 26.4. The van der Waals surface area contributed by atoms with Crippen LogP contribution in [0.1, 0.15) is 20.1 Å². The van der Waals surface area contributed by atoms with Crippen LogP contribution < -0.4 is 15.0 Å². The van der Waals surface area contributed by atoms with Crippen molar-refractivity contribution in [1.29, 1.82) is 0 Å². The number of carbonyl (C=O) groups excluding carboxylic acids is 4. The largest absolute Gasteiger partial charge is 0.508 e. The molecular weight excluding hydrogens is 668 g/mol. The Morgan fingerprint density at radius 3 is 2.14 bits per heavy atom. The molecule has 2 aromatic heterocycles. The molecule has 1 N–H and O–H groups in total. The number of methoxy groups -OCH3 is 1. The van der Waals surface area contributed by atoms with Crippen molar-refractivity contribution >= 4 is 62.7 Å². The summed E-state index contributed by atoms with van der Waals surface area (Å²) in [6.07, 6.45) is -5.75. The van der Waals surface area contributed by atoms with Crippen molar-refractivity contribution in [2.24, 2.45) is 0 Å². The molecule has 1 aliphatic heterocycles. The first-order valence-electron chi connectivity index (χ1n) is 14.4. The third-order valence-corrected chi connectivity index (χ3v) is 7.32. The number of anilines is 3. The van der Waals surface area contributed by atoms with Crippen LogP contribution in [-0.2, 0) is 42.8 Å². The zero-order chi connectivity index (χ0) is 35.3. The second-order valence-electron chi connectivity index (χ2n) is 10.4. The van der Waals surface area contributed by atoms with E-state index in [4.69, 9.17) is 23.1 Å². The SMILES string of the molecule is COC(=O)OC[C@H]1O[C@@H](n2cnc3c(OC(=O)N(c4ccccc4)c4ccccc4)nc(NC(C)=O)nc32)[C@H](OC(C)=O)[C@H]1OS(C)(=O)=O. The van der Waals surface area contributed by atoms with Gasteiger partial charge in [-0.15, -0.1) is 0 Å². The van der Waals surface area contributed by atoms with Crippen LogP contribution in [0.5, 0.6) is 5.88 Å². The minimum absolute atomic E-state index is 0.0939. The maximum Gasteiger partial charge on any atom is 0.508 e. The van der Waals surface area contributed by atoms with E-state index in [9.17, 15) is 27.6 Å². The highest BCUT2D eigenvalue weighted by Crippen LogP contribution is 2.38. The molecular formula is C30H30N6O12S. The molecule has 2 amide bonds. The van der Waals surface area contributed by atoms with E-state index in [2.05, 4.69) is 25.0 Å². The molecule has 19 heteroatoms. The number of hydrogen-bond acceptors (Lipinski definition) is 15. The first-order chi connectivity index (χ1) is 23.3. The third-order valence-electron chi connectivity index (χ3n) is 6.75. The fraction of sp³-hybridized carbons (Fsp3) is 0.300. The summed E-state index contributed by atoms with van der Waals surface area (Å²) in [6, 6.07) is 17.3. The van der Waals surface area contributed by atoms with Crippen molar-refractivity contribution in [2.75, 3.05) is 30.2 Å². The lowest BCUT2D eigenvalue weighted by molar-refractivity contribution is -0.155. The summed E-state index contributed by atoms with van der Waals surface area (Å²) < 4.78 is 57.7. The van der Waals surface area contributed by atoms with Gasteiger partial charge in [0.1, 0.15) is 18.8 Å². The molecule has 0 unspecified atom stereocenters. The number of aromatic nitrogens is 4. The molecule has 3 heterocycles. The summed E-state index contributed by atoms with van der Waals surface area (Å²) in [5, 5.41) is 2.43. The van der Waals surface area contributed by atoms with Crippen LogP contribution in [0.2, 0.25) is 0 Å². The molecule has 1 aliphatic rings. The highest BCUT2D eigenvalue weighted by atomic mass is 32.2. The van der Waals surface area contributed by atoms with Crippen molar-refractivity contribution in [3.63, 3.8) is 0 Å². The number of carbonyl (C=O) groups is 4. The molecule has 258 valence electrons. The van der Waals surface area contributed by atoms with Crippen LogP contribution in [-0.4, -0.2) is 90.3 Å². The van der Waals surface area contributed by atoms with E-state index in [1.165, 1.54) is 22.7 Å². The van der Waals surface area contributed by atoms with Crippen LogP contribution in [0.15, 0.2) is 67.0 Å². The average Bonchev–Trinajstić information content (AvgIpc) is 3.60. The number of fused-ring (bicyclic) bond motifs is 1. The Morgan fingerprint density at radius 2 is 1.59 bits per heavy atom. The van der Waals surface area contributed by atoms with E-state index < -0.39 is 65.4 Å². The molecule has 4 aromatic rings. The molecule has 0 radical (unpaired) electrons. The van der Waals surface area contributed by atoms with Gasteiger partial charge in [-0.3, -0.25) is 23.7 Å². The predicted octanol–water partition coefficient (Wildman–Crippen LogP) is 3.08. The topological polar surface area (TPSA) is 217 Å². The van der Waals surface area contributed by atoms with E-state index in [0.717, 1.165) is 20.3 Å². The highest BCUT2D eigenvalue weighted by Gasteiger charge is 2.51. The number of nitrogens with zero attached hydrogens (tertiary/aromatic N) is 5. The fourth-order valence-electron chi connectivity index (χ4n) is 4.91. The fourth-order valence-corrected chi connectivity index (χ4v) is 5.55. The van der Waals surface area contributed by atoms with Crippen LogP contribution >= 0.6 is 0 Å². The monoisotopic (exact) mass is 698 g/mol. The molecule has 0 spiro atoms. The minimum atomic E-state index is -4.19. The minimum Gasteiger partial charge on any atom is -0.455 e. The van der Waals surface area contributed by atoms with Gasteiger partial charge in [0.15, 0.2) is 23.5 Å². The van der Waals surface area contributed by atoms with Gasteiger partial charge in [0, 0.05) is 13.8 Å². The highest BCUT2D eigenvalue weighted by molar-refractivity contribution is 7.86. The summed E-state index contributed by atoms with van der Waals surface area (Å²) in [5.74, 6) is -2.06. The van der Waals surface area contributed by atoms with Crippen LogP contribution in [0.25, 0.3) is 11.2 Å². The number of para-hydroxylation sites is 2. The molecule has 1 fully saturated rings. The Balaban J connectivity index is 1.59. The molecule has 18 nitrogen and oxygen atoms in total. The van der Waals surface area contributed by atoms with Gasteiger partial charge in [-0.1, -0.05) is 36.4 Å². The number of hydrogen-bond donors (Lipinski definition) is 1. The molecule has 0 bridgehead atoms. The van der Waals surface area contributed by atoms with Crippen molar-refractivity contribution in [3.05, 3.63) is 67.0 Å². The molecule has 4 atom stereocenters. The summed E-state index contributed by atoms with van der Waals surface area (Å²) in [5.41, 5.74) is 0.750. The van der Waals surface area contributed by atoms with E-state index in [-0.39, 0.29) is 23.0 Å². The molecule has 2 aromatic carbocycles. The normalized spacial score (nSPS) is 18.8. The van der Waals surface area contributed by atoms with Crippen molar-refractivity contribution in [1.82, 2.24) is 19.5 Å². The van der Waals surface area contributed by atoms with E-state index in [0.29, 0.717) is 11.4 Å². The van der Waals surface area contributed by atoms with Crippen molar-refractivity contribution in [3.8, 4) is 5.88 Å². The Hall–Kier alpha value is -5.66. The number of amides is 2. The number of imidazole rings is 1. The van der Waals surface area contributed by atoms with Crippen LogP contribution in [0, 0.1) is 0 Å². The van der Waals surface area contributed by atoms with Gasteiger partial charge >= 0.3 is 18.2 Å². The summed E-state index contributed by atoms with van der Waals surface area (Å²) in [6.45, 7) is 1.72. The molecule has 1 saturated heterocycles. The Kier molecular flexibility index (Phi) is 10.3. The molecule has 5 rings (SSSR count). The number of benzene rings is 2. The van der Waals surface area contributed by atoms with Gasteiger partial charge in [-0.25, -0.2) is 19.5 Å². The first-order valence-corrected chi connectivity index (χ1v) is 16.2. The van der Waals surface area contributed by atoms with E-state index >= 15 is 0 Å². The van der Waals surface area contributed by atoms with Gasteiger partial charge in [-0.05, 0) is 24.3 Å². The standard InChI is InChI=1S/C30H30N6O12S/c1-17(37)32-28-33-25-22(26(34-28)47-29(39)36(19-11-7-5-8-12-19)20-13-9-6-10-14-20)31-16-35(25)27-24(45-18(2)38)23(48-49(4,41)42)21(46-27)15-44-30(40)43-3/h5-14,16,21,23-24,27H,15H2,1-4H3,(H,32,33,34,37)/t21-,23+,24-,27-/m1/s1. The Labute approximate surface area is 279 Å². The second-order valence-corrected chi connectivity index (χ2v) is 12.0. The maximum absolute atomic E-state index is 13.8. The van der Waals surface area contributed by atoms with Gasteiger partial charge in [0.05, 0.1) is 31.1 Å². The predicted molar refractivity (Wildman–Crippen MR) is 168 cm³/mol. The number of nitrogens with one attached hydrogen (secondary N) is 1. The third kappa shape index (κ3) is 8.26. The zero-order valence-corrected chi connectivity index (χ0v) is 27.2. The van der Waals surface area contributed by atoms with Gasteiger partial charge < -0.3 is 23.7 Å². The van der Waals surface area contributed by atoms with Gasteiger partial charge in [0.25, 0.3) is 16.0 Å². The summed E-state index contributed by atoms with van der Waals surface area (Å²) in [7, 11) is -3.12. The van der Waals surface area contributed by atoms with E-state index in [1.54, 1.807) is 60.7 Å². The second kappa shape index (κ2) is 14.6. The smallest absolute Gasteiger partial charge is 0.455 e. The molecule has 0 aliphatic carbocycles. The van der Waals surface area contributed by atoms with Gasteiger partial charge in [0.2, 0.25) is 11.9 Å². The van der Waals surface area contributed by atoms with Crippen LogP contribution in [0.4, 0.5) is 26.9 Å². The quantitative estimate of drug-likeness (QED) is 0.186.